The third kappa shape index (κ3) is 8.21. The molecule has 3 heteroatoms. The van der Waals surface area contributed by atoms with Crippen molar-refractivity contribution in [2.45, 2.75) is 31.2 Å². The first kappa shape index (κ1) is 39.8. The zero-order valence-electron chi connectivity index (χ0n) is 36.2. The topological polar surface area (TPSA) is 37.6 Å². The van der Waals surface area contributed by atoms with Crippen molar-refractivity contribution in [3.8, 4) is 44.6 Å². The molecule has 7 aromatic carbocycles. The lowest BCUT2D eigenvalue weighted by atomic mass is 9.87. The first-order valence-corrected chi connectivity index (χ1v) is 22.6. The highest BCUT2D eigenvalue weighted by molar-refractivity contribution is 6.14. The quantitative estimate of drug-likeness (QED) is 0.141. The lowest BCUT2D eigenvalue weighted by molar-refractivity contribution is 0.841. The molecule has 0 spiro atoms. The summed E-state index contributed by atoms with van der Waals surface area (Å²) in [5.41, 5.74) is 17.5. The molecular formula is C62H47N3. The van der Waals surface area contributed by atoms with E-state index in [1.807, 2.05) is 6.07 Å². The summed E-state index contributed by atoms with van der Waals surface area (Å²) >= 11 is 0. The molecule has 11 rings (SSSR count). The van der Waals surface area contributed by atoms with Crippen LogP contribution in [-0.2, 0) is 6.42 Å². The van der Waals surface area contributed by atoms with E-state index in [2.05, 4.69) is 218 Å². The predicted molar refractivity (Wildman–Crippen MR) is 273 cm³/mol. The van der Waals surface area contributed by atoms with Gasteiger partial charge in [0.25, 0.3) is 0 Å². The third-order valence-corrected chi connectivity index (χ3v) is 12.8. The monoisotopic (exact) mass is 833 g/mol. The largest absolute Gasteiger partial charge is 0.253 e. The summed E-state index contributed by atoms with van der Waals surface area (Å²) in [5.74, 6) is 1.09. The molecule has 310 valence electrons. The Bertz CT molecular complexity index is 3280. The van der Waals surface area contributed by atoms with Crippen LogP contribution < -0.4 is 0 Å². The Morgan fingerprint density at radius 1 is 0.523 bits per heavy atom. The summed E-state index contributed by atoms with van der Waals surface area (Å²) in [4.78, 5) is 16.2. The molecule has 1 aliphatic heterocycles. The highest BCUT2D eigenvalue weighted by Crippen LogP contribution is 2.41. The van der Waals surface area contributed by atoms with Crippen LogP contribution in [0.25, 0.3) is 61.5 Å². The molecule has 2 bridgehead atoms. The Morgan fingerprint density at radius 2 is 1.23 bits per heavy atom. The molecule has 2 heterocycles. The van der Waals surface area contributed by atoms with Gasteiger partial charge in [0.2, 0.25) is 0 Å². The standard InChI is InChI=1S/C62H47N3/c1-42-36-58(46-34-32-44(33-35-46)43-18-6-2-7-19-43)64-62(48-23-10-4-11-24-48)65-60(42)54-39-52(38-53(40-54)57-31-17-26-45-20-14-15-30-56(45)57)49-27-16-28-51(37-49)61-59(47-21-8-3-9-22-47)50-25-12-5-13-29-55(41-50)63-61/h2-18,20-24,26-35,37-41,43,60H,1,19,25,36H2/b12-5-,29-13-. The second-order valence-electron chi connectivity index (χ2n) is 17.1. The number of amidine groups is 1. The number of fused-ring (bicyclic) bond motifs is 3. The van der Waals surface area contributed by atoms with Crippen LogP contribution in [0.15, 0.2) is 241 Å². The lowest BCUT2D eigenvalue weighted by Gasteiger charge is -2.20. The molecule has 0 saturated carbocycles. The van der Waals surface area contributed by atoms with Gasteiger partial charge in [-0.15, -0.1) is 0 Å². The van der Waals surface area contributed by atoms with Crippen molar-refractivity contribution in [2.75, 3.05) is 0 Å². The van der Waals surface area contributed by atoms with Crippen molar-refractivity contribution in [2.24, 2.45) is 9.98 Å². The van der Waals surface area contributed by atoms with Crippen LogP contribution in [0.2, 0.25) is 0 Å². The van der Waals surface area contributed by atoms with E-state index in [4.69, 9.17) is 21.5 Å². The maximum Gasteiger partial charge on any atom is 0.155 e. The minimum Gasteiger partial charge on any atom is -0.253 e. The van der Waals surface area contributed by atoms with E-state index in [-0.39, 0.29) is 6.04 Å². The summed E-state index contributed by atoms with van der Waals surface area (Å²) in [5, 5.41) is 2.41. The van der Waals surface area contributed by atoms with E-state index in [0.29, 0.717) is 18.2 Å². The number of aliphatic imine (C=N–C) groups is 2. The van der Waals surface area contributed by atoms with Gasteiger partial charge in [0.05, 0.1) is 23.1 Å². The highest BCUT2D eigenvalue weighted by Gasteiger charge is 2.25. The number of hydrogen-bond acceptors (Lipinski definition) is 3. The Hall–Kier alpha value is -8.01. The Morgan fingerprint density at radius 3 is 2.06 bits per heavy atom. The summed E-state index contributed by atoms with van der Waals surface area (Å²) in [6.45, 7) is 4.80. The number of rotatable bonds is 8. The van der Waals surface area contributed by atoms with Crippen molar-refractivity contribution in [1.29, 1.82) is 0 Å². The molecule has 0 amide bonds. The minimum atomic E-state index is -0.349. The van der Waals surface area contributed by atoms with E-state index in [9.17, 15) is 0 Å². The van der Waals surface area contributed by atoms with Crippen LogP contribution >= 0.6 is 0 Å². The van der Waals surface area contributed by atoms with E-state index in [1.165, 1.54) is 33.0 Å². The van der Waals surface area contributed by atoms with E-state index in [0.717, 1.165) is 80.0 Å². The summed E-state index contributed by atoms with van der Waals surface area (Å²) in [6, 6.07) is 63.0. The average molecular weight is 834 g/mol. The second kappa shape index (κ2) is 17.6. The van der Waals surface area contributed by atoms with Gasteiger partial charge in [-0.1, -0.05) is 195 Å². The van der Waals surface area contributed by atoms with Crippen molar-refractivity contribution in [3.63, 3.8) is 0 Å². The van der Waals surface area contributed by atoms with Crippen molar-refractivity contribution in [1.82, 2.24) is 4.98 Å². The number of allylic oxidation sites excluding steroid dienone is 7. The molecule has 65 heavy (non-hydrogen) atoms. The van der Waals surface area contributed by atoms with E-state index < -0.39 is 0 Å². The summed E-state index contributed by atoms with van der Waals surface area (Å²) in [7, 11) is 0. The van der Waals surface area contributed by atoms with Gasteiger partial charge >= 0.3 is 0 Å². The molecular weight excluding hydrogens is 787 g/mol. The number of benzene rings is 7. The number of aromatic nitrogens is 1. The van der Waals surface area contributed by atoms with Crippen molar-refractivity contribution in [3.05, 3.63) is 264 Å². The minimum absolute atomic E-state index is 0.349. The number of nitrogens with zero attached hydrogens (tertiary/aromatic N) is 3. The van der Waals surface area contributed by atoms with Gasteiger partial charge in [-0.25, -0.2) is 9.98 Å². The molecule has 0 saturated heterocycles. The zero-order chi connectivity index (χ0) is 43.5. The van der Waals surface area contributed by atoms with Crippen LogP contribution in [0.3, 0.4) is 0 Å². The molecule has 1 aromatic heterocycles. The van der Waals surface area contributed by atoms with E-state index in [1.54, 1.807) is 0 Å². The van der Waals surface area contributed by atoms with Crippen LogP contribution in [-0.4, -0.2) is 16.5 Å². The van der Waals surface area contributed by atoms with Crippen LogP contribution in [0.4, 0.5) is 0 Å². The smallest absolute Gasteiger partial charge is 0.155 e. The predicted octanol–water partition coefficient (Wildman–Crippen LogP) is 15.6. The van der Waals surface area contributed by atoms with Gasteiger partial charge < -0.3 is 0 Å². The second-order valence-corrected chi connectivity index (χ2v) is 17.1. The van der Waals surface area contributed by atoms with Gasteiger partial charge in [-0.05, 0) is 116 Å². The zero-order valence-corrected chi connectivity index (χ0v) is 36.2. The van der Waals surface area contributed by atoms with Gasteiger partial charge in [-0.2, -0.15) is 0 Å². The first-order valence-electron chi connectivity index (χ1n) is 22.6. The van der Waals surface area contributed by atoms with Gasteiger partial charge in [0.15, 0.2) is 5.84 Å². The lowest BCUT2D eigenvalue weighted by Crippen LogP contribution is -2.06. The molecule has 3 nitrogen and oxygen atoms in total. The fourth-order valence-corrected chi connectivity index (χ4v) is 9.56. The maximum atomic E-state index is 5.55. The highest BCUT2D eigenvalue weighted by atomic mass is 15.0. The van der Waals surface area contributed by atoms with Gasteiger partial charge in [-0.3, -0.25) is 4.99 Å². The van der Waals surface area contributed by atoms with E-state index >= 15 is 0 Å². The molecule has 2 unspecified atom stereocenters. The van der Waals surface area contributed by atoms with Crippen LogP contribution in [0.1, 0.15) is 58.3 Å². The van der Waals surface area contributed by atoms with Crippen LogP contribution in [0.5, 0.6) is 0 Å². The fourth-order valence-electron chi connectivity index (χ4n) is 9.56. The Kier molecular flexibility index (Phi) is 10.8. The molecule has 0 radical (unpaired) electrons. The molecule has 0 N–H and O–H groups in total. The number of hydrogen-bond donors (Lipinski definition) is 0. The van der Waals surface area contributed by atoms with Gasteiger partial charge in [0, 0.05) is 29.0 Å². The first-order chi connectivity index (χ1) is 32.1. The summed E-state index contributed by atoms with van der Waals surface area (Å²) < 4.78 is 0. The fraction of sp³-hybridized carbons (Fsp3) is 0.0806. The Balaban J connectivity index is 1.05. The molecule has 8 aromatic rings. The molecule has 2 atom stereocenters. The third-order valence-electron chi connectivity index (χ3n) is 12.8. The normalized spacial score (nSPS) is 17.7. The number of pyridine rings is 1. The molecule has 2 aliphatic carbocycles. The Labute approximate surface area is 381 Å². The molecule has 0 fully saturated rings. The summed E-state index contributed by atoms with van der Waals surface area (Å²) in [6.07, 6.45) is 19.8. The van der Waals surface area contributed by atoms with Crippen LogP contribution in [0, 0.1) is 0 Å². The average Bonchev–Trinajstić information content (AvgIpc) is 3.55. The molecule has 3 aliphatic rings. The van der Waals surface area contributed by atoms with Crippen molar-refractivity contribution < 1.29 is 0 Å². The van der Waals surface area contributed by atoms with Crippen molar-refractivity contribution >= 4 is 28.4 Å². The van der Waals surface area contributed by atoms with Gasteiger partial charge in [0.1, 0.15) is 0 Å². The SMILES string of the molecule is C=C1CC(c2ccc(C3C=CC=CC3)cc2)=NC(c2ccccc2)=NC1c1cc(-c2cccc(-c3nc4cc(c3-c3ccccc3)C/C=C\C=C/4)c2)cc(-c2cccc3ccccc23)c1. The maximum absolute atomic E-state index is 5.55.